The SMILES string of the molecule is CC(C)C(C)C(NN)c1cc(F)cc(F)c1. The van der Waals surface area contributed by atoms with Crippen molar-refractivity contribution in [3.63, 3.8) is 0 Å². The summed E-state index contributed by atoms with van der Waals surface area (Å²) in [5.41, 5.74) is 3.16. The summed E-state index contributed by atoms with van der Waals surface area (Å²) < 4.78 is 26.2. The molecule has 1 aromatic rings. The summed E-state index contributed by atoms with van der Waals surface area (Å²) in [5.74, 6) is 4.85. The molecule has 0 spiro atoms. The fraction of sp³-hybridized carbons (Fsp3) is 0.500. The van der Waals surface area contributed by atoms with Gasteiger partial charge in [-0.15, -0.1) is 0 Å². The van der Waals surface area contributed by atoms with Crippen molar-refractivity contribution in [3.8, 4) is 0 Å². The predicted octanol–water partition coefficient (Wildman–Crippen LogP) is 2.76. The quantitative estimate of drug-likeness (QED) is 0.614. The Kier molecular flexibility index (Phi) is 4.38. The second-order valence-corrected chi connectivity index (χ2v) is 4.45. The number of halogens is 2. The van der Waals surface area contributed by atoms with Gasteiger partial charge in [0.15, 0.2) is 0 Å². The third kappa shape index (κ3) is 3.00. The van der Waals surface area contributed by atoms with Crippen LogP contribution in [0.2, 0.25) is 0 Å². The highest BCUT2D eigenvalue weighted by molar-refractivity contribution is 5.22. The lowest BCUT2D eigenvalue weighted by Gasteiger charge is -2.26. The van der Waals surface area contributed by atoms with Crippen LogP contribution >= 0.6 is 0 Å². The van der Waals surface area contributed by atoms with E-state index in [0.717, 1.165) is 6.07 Å². The molecule has 0 aliphatic rings. The Labute approximate surface area is 94.8 Å². The molecule has 0 bridgehead atoms. The van der Waals surface area contributed by atoms with Crippen LogP contribution in [0.1, 0.15) is 32.4 Å². The summed E-state index contributed by atoms with van der Waals surface area (Å²) in [7, 11) is 0. The van der Waals surface area contributed by atoms with E-state index in [4.69, 9.17) is 5.84 Å². The maximum Gasteiger partial charge on any atom is 0.126 e. The third-order valence-electron chi connectivity index (χ3n) is 3.00. The third-order valence-corrected chi connectivity index (χ3v) is 3.00. The zero-order valence-corrected chi connectivity index (χ0v) is 9.80. The van der Waals surface area contributed by atoms with Gasteiger partial charge < -0.3 is 0 Å². The molecule has 0 aliphatic heterocycles. The van der Waals surface area contributed by atoms with E-state index in [9.17, 15) is 8.78 Å². The van der Waals surface area contributed by atoms with E-state index in [-0.39, 0.29) is 12.0 Å². The molecule has 4 heteroatoms. The topological polar surface area (TPSA) is 38.0 Å². The Morgan fingerprint density at radius 3 is 1.94 bits per heavy atom. The van der Waals surface area contributed by atoms with Gasteiger partial charge in [0.1, 0.15) is 11.6 Å². The van der Waals surface area contributed by atoms with Gasteiger partial charge in [-0.3, -0.25) is 11.3 Å². The zero-order chi connectivity index (χ0) is 12.3. The summed E-state index contributed by atoms with van der Waals surface area (Å²) in [6.07, 6.45) is 0. The Balaban J connectivity index is 3.03. The first-order chi connectivity index (χ1) is 7.45. The largest absolute Gasteiger partial charge is 0.271 e. The molecule has 16 heavy (non-hydrogen) atoms. The maximum absolute atomic E-state index is 13.1. The van der Waals surface area contributed by atoms with E-state index in [1.165, 1.54) is 12.1 Å². The summed E-state index contributed by atoms with van der Waals surface area (Å²) >= 11 is 0. The summed E-state index contributed by atoms with van der Waals surface area (Å²) in [6.45, 7) is 6.09. The predicted molar refractivity (Wildman–Crippen MR) is 60.4 cm³/mol. The molecule has 0 amide bonds. The van der Waals surface area contributed by atoms with E-state index < -0.39 is 11.6 Å². The van der Waals surface area contributed by atoms with Gasteiger partial charge in [0.2, 0.25) is 0 Å². The van der Waals surface area contributed by atoms with Crippen molar-refractivity contribution in [2.45, 2.75) is 26.8 Å². The number of rotatable bonds is 4. The number of nitrogens with two attached hydrogens (primary N) is 1. The van der Waals surface area contributed by atoms with Gasteiger partial charge in [-0.05, 0) is 29.5 Å². The molecule has 2 atom stereocenters. The van der Waals surface area contributed by atoms with Crippen molar-refractivity contribution in [1.82, 2.24) is 5.43 Å². The molecule has 0 aliphatic carbocycles. The maximum atomic E-state index is 13.1. The summed E-state index contributed by atoms with van der Waals surface area (Å²) in [5, 5.41) is 0. The standard InChI is InChI=1S/C12H18F2N2/c1-7(2)8(3)12(16-15)9-4-10(13)6-11(14)5-9/h4-8,12,16H,15H2,1-3H3. The van der Waals surface area contributed by atoms with Crippen molar-refractivity contribution in [3.05, 3.63) is 35.4 Å². The Bertz CT molecular complexity index is 333. The molecule has 2 unspecified atom stereocenters. The van der Waals surface area contributed by atoms with E-state index in [0.29, 0.717) is 11.5 Å². The van der Waals surface area contributed by atoms with Gasteiger partial charge in [-0.25, -0.2) is 8.78 Å². The van der Waals surface area contributed by atoms with Crippen molar-refractivity contribution in [1.29, 1.82) is 0 Å². The summed E-state index contributed by atoms with van der Waals surface area (Å²) in [4.78, 5) is 0. The molecule has 3 N–H and O–H groups in total. The highest BCUT2D eigenvalue weighted by Gasteiger charge is 2.21. The lowest BCUT2D eigenvalue weighted by molar-refractivity contribution is 0.305. The van der Waals surface area contributed by atoms with E-state index in [2.05, 4.69) is 5.43 Å². The minimum Gasteiger partial charge on any atom is -0.271 e. The minimum absolute atomic E-state index is 0.186. The Hall–Kier alpha value is -1.00. The van der Waals surface area contributed by atoms with Crippen molar-refractivity contribution in [2.75, 3.05) is 0 Å². The van der Waals surface area contributed by atoms with E-state index in [1.807, 2.05) is 20.8 Å². The number of hydrazine groups is 1. The van der Waals surface area contributed by atoms with Crippen molar-refractivity contribution in [2.24, 2.45) is 17.7 Å². The lowest BCUT2D eigenvalue weighted by Crippen LogP contribution is -2.34. The van der Waals surface area contributed by atoms with E-state index in [1.54, 1.807) is 0 Å². The van der Waals surface area contributed by atoms with E-state index >= 15 is 0 Å². The lowest BCUT2D eigenvalue weighted by atomic mass is 9.86. The highest BCUT2D eigenvalue weighted by Crippen LogP contribution is 2.27. The molecule has 0 aromatic heterocycles. The van der Waals surface area contributed by atoms with Gasteiger partial charge in [0.05, 0.1) is 0 Å². The molecular formula is C12H18F2N2. The molecule has 0 fully saturated rings. The first kappa shape index (κ1) is 13.1. The van der Waals surface area contributed by atoms with Gasteiger partial charge in [0, 0.05) is 12.1 Å². The average molecular weight is 228 g/mol. The number of hydrogen-bond acceptors (Lipinski definition) is 2. The molecule has 1 aromatic carbocycles. The molecule has 0 radical (unpaired) electrons. The molecule has 90 valence electrons. The van der Waals surface area contributed by atoms with Crippen molar-refractivity contribution < 1.29 is 8.78 Å². The van der Waals surface area contributed by atoms with Crippen molar-refractivity contribution >= 4 is 0 Å². The zero-order valence-electron chi connectivity index (χ0n) is 9.80. The van der Waals surface area contributed by atoms with Crippen LogP contribution in [0.25, 0.3) is 0 Å². The molecular weight excluding hydrogens is 210 g/mol. The van der Waals surface area contributed by atoms with Crippen LogP contribution < -0.4 is 11.3 Å². The summed E-state index contributed by atoms with van der Waals surface area (Å²) in [6, 6.07) is 3.24. The van der Waals surface area contributed by atoms with Gasteiger partial charge >= 0.3 is 0 Å². The monoisotopic (exact) mass is 228 g/mol. The number of benzene rings is 1. The second kappa shape index (κ2) is 5.37. The van der Waals surface area contributed by atoms with Crippen LogP contribution in [0.4, 0.5) is 8.78 Å². The first-order valence-electron chi connectivity index (χ1n) is 5.37. The van der Waals surface area contributed by atoms with Crippen LogP contribution in [-0.4, -0.2) is 0 Å². The van der Waals surface area contributed by atoms with Crippen LogP contribution in [-0.2, 0) is 0 Å². The first-order valence-corrected chi connectivity index (χ1v) is 5.37. The number of hydrogen-bond donors (Lipinski definition) is 2. The van der Waals surface area contributed by atoms with Crippen LogP contribution in [0.15, 0.2) is 18.2 Å². The van der Waals surface area contributed by atoms with Crippen LogP contribution in [0.3, 0.4) is 0 Å². The normalized spacial score (nSPS) is 15.2. The second-order valence-electron chi connectivity index (χ2n) is 4.45. The Morgan fingerprint density at radius 1 is 1.06 bits per heavy atom. The average Bonchev–Trinajstić information content (AvgIpc) is 2.16. The fourth-order valence-corrected chi connectivity index (χ4v) is 1.69. The fourth-order valence-electron chi connectivity index (χ4n) is 1.69. The molecule has 0 saturated carbocycles. The highest BCUT2D eigenvalue weighted by atomic mass is 19.1. The Morgan fingerprint density at radius 2 is 1.56 bits per heavy atom. The van der Waals surface area contributed by atoms with Crippen LogP contribution in [0, 0.1) is 23.5 Å². The molecule has 1 rings (SSSR count). The van der Waals surface area contributed by atoms with Gasteiger partial charge in [-0.1, -0.05) is 20.8 Å². The molecule has 0 heterocycles. The molecule has 0 saturated heterocycles. The van der Waals surface area contributed by atoms with Gasteiger partial charge in [-0.2, -0.15) is 0 Å². The minimum atomic E-state index is -0.578. The smallest absolute Gasteiger partial charge is 0.126 e. The van der Waals surface area contributed by atoms with Gasteiger partial charge in [0.25, 0.3) is 0 Å². The number of nitrogens with one attached hydrogen (secondary N) is 1. The van der Waals surface area contributed by atoms with Crippen LogP contribution in [0.5, 0.6) is 0 Å². The molecule has 2 nitrogen and oxygen atoms in total.